The molecule has 0 radical (unpaired) electrons. The predicted octanol–water partition coefficient (Wildman–Crippen LogP) is 4.28. The molecule has 0 saturated carbocycles. The molecule has 164 valence electrons. The van der Waals surface area contributed by atoms with Gasteiger partial charge in [0.2, 0.25) is 10.3 Å². The van der Waals surface area contributed by atoms with Gasteiger partial charge >= 0.3 is 0 Å². The van der Waals surface area contributed by atoms with Crippen molar-refractivity contribution in [1.82, 2.24) is 14.8 Å². The number of nitrogens with one attached hydrogen (secondary N) is 1. The van der Waals surface area contributed by atoms with E-state index in [-0.39, 0.29) is 0 Å². The number of nitrogens with zero attached hydrogens (tertiary/aromatic N) is 5. The average molecular weight is 447 g/mol. The molecular weight excluding hydrogens is 420 g/mol. The van der Waals surface area contributed by atoms with Crippen molar-refractivity contribution in [3.63, 3.8) is 0 Å². The molecule has 1 aliphatic heterocycles. The fourth-order valence-electron chi connectivity index (χ4n) is 3.88. The molecule has 3 heterocycles. The Kier molecular flexibility index (Phi) is 5.93. The normalized spacial score (nSPS) is 13.9. The van der Waals surface area contributed by atoms with E-state index in [1.54, 1.807) is 18.4 Å². The maximum atomic E-state index is 5.22. The molecule has 2 aromatic carbocycles. The number of benzene rings is 2. The second-order valence-corrected chi connectivity index (χ2v) is 8.56. The number of rotatable bonds is 7. The fraction of sp³-hybridized carbons (Fsp3) is 0.250. The highest BCUT2D eigenvalue weighted by molar-refractivity contribution is 7.17. The van der Waals surface area contributed by atoms with Crippen LogP contribution in [0.4, 0.5) is 16.5 Å². The van der Waals surface area contributed by atoms with Crippen LogP contribution in [-0.4, -0.2) is 48.1 Å². The van der Waals surface area contributed by atoms with Crippen LogP contribution < -0.4 is 19.9 Å². The predicted molar refractivity (Wildman–Crippen MR) is 130 cm³/mol. The van der Waals surface area contributed by atoms with E-state index in [2.05, 4.69) is 66.3 Å². The zero-order chi connectivity index (χ0) is 21.8. The number of ether oxygens (including phenoxy) is 1. The standard InChI is InChI=1S/C24H26N6OS/c1-31-22-11-9-19(10-12-22)25-18-21-8-5-13-30(21)24-27-26-23(32-24)29-16-14-28(15-17-29)20-6-3-2-4-7-20/h2-13,25H,14-18H2,1H3. The second kappa shape index (κ2) is 9.32. The van der Waals surface area contributed by atoms with Crippen LogP contribution in [0.5, 0.6) is 5.75 Å². The fourth-order valence-corrected chi connectivity index (χ4v) is 4.79. The molecule has 32 heavy (non-hydrogen) atoms. The number of hydrogen-bond acceptors (Lipinski definition) is 7. The highest BCUT2D eigenvalue weighted by Crippen LogP contribution is 2.27. The summed E-state index contributed by atoms with van der Waals surface area (Å²) in [6.45, 7) is 4.56. The molecule has 4 aromatic rings. The summed E-state index contributed by atoms with van der Waals surface area (Å²) in [6.07, 6.45) is 2.04. The first-order valence-electron chi connectivity index (χ1n) is 10.7. The van der Waals surface area contributed by atoms with E-state index in [1.165, 1.54) is 5.69 Å². The first-order valence-corrected chi connectivity index (χ1v) is 11.5. The first-order chi connectivity index (χ1) is 15.8. The van der Waals surface area contributed by atoms with Gasteiger partial charge in [0.25, 0.3) is 0 Å². The number of piperazine rings is 1. The van der Waals surface area contributed by atoms with Gasteiger partial charge in [0, 0.05) is 49.4 Å². The number of para-hydroxylation sites is 1. The molecular formula is C24H26N6OS. The summed E-state index contributed by atoms with van der Waals surface area (Å²) in [6, 6.07) is 22.7. The van der Waals surface area contributed by atoms with E-state index < -0.39 is 0 Å². The Morgan fingerprint density at radius 2 is 1.56 bits per heavy atom. The summed E-state index contributed by atoms with van der Waals surface area (Å²) in [5.41, 5.74) is 3.47. The van der Waals surface area contributed by atoms with Crippen molar-refractivity contribution in [2.45, 2.75) is 6.54 Å². The molecule has 0 spiro atoms. The number of anilines is 3. The SMILES string of the molecule is COc1ccc(NCc2cccn2-c2nnc(N3CCN(c4ccccc4)CC3)s2)cc1. The van der Waals surface area contributed by atoms with Crippen molar-refractivity contribution >= 4 is 27.8 Å². The van der Waals surface area contributed by atoms with Gasteiger partial charge in [-0.15, -0.1) is 10.2 Å². The highest BCUT2D eigenvalue weighted by Gasteiger charge is 2.21. The lowest BCUT2D eigenvalue weighted by Crippen LogP contribution is -2.46. The third-order valence-electron chi connectivity index (χ3n) is 5.68. The smallest absolute Gasteiger partial charge is 0.218 e. The van der Waals surface area contributed by atoms with Gasteiger partial charge in [0.15, 0.2) is 0 Å². The minimum absolute atomic E-state index is 0.698. The molecule has 0 unspecified atom stereocenters. The molecule has 7 nitrogen and oxygen atoms in total. The molecule has 8 heteroatoms. The van der Waals surface area contributed by atoms with Crippen LogP contribution in [0.1, 0.15) is 5.69 Å². The third-order valence-corrected chi connectivity index (χ3v) is 6.66. The van der Waals surface area contributed by atoms with E-state index in [0.717, 1.165) is 53.6 Å². The van der Waals surface area contributed by atoms with E-state index >= 15 is 0 Å². The van der Waals surface area contributed by atoms with Crippen LogP contribution in [0, 0.1) is 0 Å². The van der Waals surface area contributed by atoms with Gasteiger partial charge in [-0.2, -0.15) is 0 Å². The van der Waals surface area contributed by atoms with Gasteiger partial charge in [0.1, 0.15) is 5.75 Å². The quantitative estimate of drug-likeness (QED) is 0.457. The van der Waals surface area contributed by atoms with Gasteiger partial charge in [-0.1, -0.05) is 29.5 Å². The summed E-state index contributed by atoms with van der Waals surface area (Å²) in [5.74, 6) is 0.852. The van der Waals surface area contributed by atoms with Crippen LogP contribution in [0.2, 0.25) is 0 Å². The van der Waals surface area contributed by atoms with Crippen LogP contribution in [0.15, 0.2) is 72.9 Å². The zero-order valence-corrected chi connectivity index (χ0v) is 18.8. The van der Waals surface area contributed by atoms with Crippen LogP contribution in [0.25, 0.3) is 5.13 Å². The van der Waals surface area contributed by atoms with Gasteiger partial charge in [-0.25, -0.2) is 0 Å². The average Bonchev–Trinajstić information content (AvgIpc) is 3.53. The van der Waals surface area contributed by atoms with Crippen molar-refractivity contribution in [2.24, 2.45) is 0 Å². The topological polar surface area (TPSA) is 58.5 Å². The first kappa shape index (κ1) is 20.4. The summed E-state index contributed by atoms with van der Waals surface area (Å²) >= 11 is 1.64. The van der Waals surface area contributed by atoms with Crippen LogP contribution >= 0.6 is 11.3 Å². The molecule has 5 rings (SSSR count). The van der Waals surface area contributed by atoms with Gasteiger partial charge in [-0.05, 0) is 48.5 Å². The third kappa shape index (κ3) is 4.40. The minimum Gasteiger partial charge on any atom is -0.497 e. The lowest BCUT2D eigenvalue weighted by atomic mass is 10.2. The molecule has 1 saturated heterocycles. The summed E-state index contributed by atoms with van der Waals surface area (Å²) in [4.78, 5) is 4.76. The van der Waals surface area contributed by atoms with Crippen molar-refractivity contribution < 1.29 is 4.74 Å². The molecule has 1 fully saturated rings. The number of hydrogen-bond donors (Lipinski definition) is 1. The van der Waals surface area contributed by atoms with Crippen molar-refractivity contribution in [3.8, 4) is 10.9 Å². The summed E-state index contributed by atoms with van der Waals surface area (Å²) in [5, 5.41) is 14.3. The Bertz CT molecular complexity index is 1130. The maximum Gasteiger partial charge on any atom is 0.218 e. The Balaban J connectivity index is 1.22. The molecule has 1 N–H and O–H groups in total. The Morgan fingerprint density at radius 1 is 0.844 bits per heavy atom. The lowest BCUT2D eigenvalue weighted by Gasteiger charge is -2.35. The van der Waals surface area contributed by atoms with Crippen molar-refractivity contribution in [3.05, 3.63) is 78.6 Å². The van der Waals surface area contributed by atoms with Crippen LogP contribution in [0.3, 0.4) is 0 Å². The van der Waals surface area contributed by atoms with Gasteiger partial charge in [0.05, 0.1) is 13.7 Å². The van der Waals surface area contributed by atoms with E-state index in [9.17, 15) is 0 Å². The minimum atomic E-state index is 0.698. The second-order valence-electron chi connectivity index (χ2n) is 7.63. The van der Waals surface area contributed by atoms with Gasteiger partial charge in [-0.3, -0.25) is 4.57 Å². The molecule has 0 bridgehead atoms. The molecule has 0 amide bonds. The van der Waals surface area contributed by atoms with Crippen molar-refractivity contribution in [1.29, 1.82) is 0 Å². The summed E-state index contributed by atoms with van der Waals surface area (Å²) < 4.78 is 7.33. The Morgan fingerprint density at radius 3 is 2.31 bits per heavy atom. The molecule has 0 aliphatic carbocycles. The molecule has 0 atom stereocenters. The van der Waals surface area contributed by atoms with Crippen molar-refractivity contribution in [2.75, 3.05) is 48.4 Å². The van der Waals surface area contributed by atoms with E-state index in [4.69, 9.17) is 4.74 Å². The van der Waals surface area contributed by atoms with E-state index in [1.807, 2.05) is 36.5 Å². The Labute approximate surface area is 191 Å². The maximum absolute atomic E-state index is 5.22. The highest BCUT2D eigenvalue weighted by atomic mass is 32.1. The van der Waals surface area contributed by atoms with Gasteiger partial charge < -0.3 is 19.9 Å². The zero-order valence-electron chi connectivity index (χ0n) is 18.0. The largest absolute Gasteiger partial charge is 0.497 e. The molecule has 2 aromatic heterocycles. The summed E-state index contributed by atoms with van der Waals surface area (Å²) in [7, 11) is 1.68. The molecule has 1 aliphatic rings. The monoisotopic (exact) mass is 446 g/mol. The van der Waals surface area contributed by atoms with Crippen LogP contribution in [-0.2, 0) is 6.54 Å². The Hall–Kier alpha value is -3.52. The van der Waals surface area contributed by atoms with E-state index in [0.29, 0.717) is 6.54 Å². The number of aromatic nitrogens is 3. The lowest BCUT2D eigenvalue weighted by molar-refractivity contribution is 0.415. The number of methoxy groups -OCH3 is 1.